The molecule has 0 spiro atoms. The first-order valence-electron chi connectivity index (χ1n) is 5.63. The van der Waals surface area contributed by atoms with Gasteiger partial charge in [-0.25, -0.2) is 13.4 Å². The largest absolute Gasteiger partial charge is 0.353 e. The molecule has 1 aromatic heterocycles. The van der Waals surface area contributed by atoms with E-state index in [9.17, 15) is 13.2 Å². The fourth-order valence-corrected chi connectivity index (χ4v) is 3.48. The molecule has 7 nitrogen and oxygen atoms in total. The second kappa shape index (κ2) is 4.36. The molecule has 0 radical (unpaired) electrons. The van der Waals surface area contributed by atoms with Crippen LogP contribution in [0.3, 0.4) is 0 Å². The van der Waals surface area contributed by atoms with Gasteiger partial charge < -0.3 is 9.88 Å². The van der Waals surface area contributed by atoms with Crippen molar-refractivity contribution in [2.24, 2.45) is 7.05 Å². The fraction of sp³-hybridized carbons (Fsp3) is 0.600. The second-order valence-electron chi connectivity index (χ2n) is 4.32. The molecule has 1 aliphatic rings. The van der Waals surface area contributed by atoms with Gasteiger partial charge in [0.05, 0.1) is 0 Å². The van der Waals surface area contributed by atoms with Gasteiger partial charge in [-0.05, 0) is 13.8 Å². The number of imidazole rings is 1. The number of hydrogen-bond donors (Lipinski definition) is 1. The average Bonchev–Trinajstić information content (AvgIpc) is 2.63. The van der Waals surface area contributed by atoms with Gasteiger partial charge in [0, 0.05) is 26.3 Å². The molecule has 8 heteroatoms. The average molecular weight is 272 g/mol. The van der Waals surface area contributed by atoms with Gasteiger partial charge >= 0.3 is 0 Å². The summed E-state index contributed by atoms with van der Waals surface area (Å²) in [4.78, 5) is 15.5. The summed E-state index contributed by atoms with van der Waals surface area (Å²) in [5.41, 5.74) is 0. The van der Waals surface area contributed by atoms with Crippen molar-refractivity contribution in [2.45, 2.75) is 24.9 Å². The van der Waals surface area contributed by atoms with Gasteiger partial charge in [-0.2, -0.15) is 4.31 Å². The Kier molecular flexibility index (Phi) is 3.16. The van der Waals surface area contributed by atoms with E-state index in [4.69, 9.17) is 0 Å². The Morgan fingerprint density at radius 1 is 1.50 bits per heavy atom. The summed E-state index contributed by atoms with van der Waals surface area (Å²) in [6.45, 7) is 3.90. The molecule has 1 N–H and O–H groups in total. The smallest absolute Gasteiger partial charge is 0.262 e. The number of sulfonamides is 1. The molecular formula is C10H16N4O3S. The van der Waals surface area contributed by atoms with Crippen molar-refractivity contribution in [2.75, 3.05) is 13.1 Å². The minimum Gasteiger partial charge on any atom is -0.353 e. The molecule has 1 atom stereocenters. The molecule has 0 bridgehead atoms. The van der Waals surface area contributed by atoms with Gasteiger partial charge in [-0.15, -0.1) is 0 Å². The van der Waals surface area contributed by atoms with Gasteiger partial charge in [-0.1, -0.05) is 0 Å². The third kappa shape index (κ3) is 2.01. The van der Waals surface area contributed by atoms with E-state index in [-0.39, 0.29) is 17.5 Å². The van der Waals surface area contributed by atoms with Gasteiger partial charge in [0.25, 0.3) is 10.0 Å². The monoisotopic (exact) mass is 272 g/mol. The first-order valence-corrected chi connectivity index (χ1v) is 7.07. The first-order chi connectivity index (χ1) is 8.34. The Balaban J connectivity index is 2.39. The number of piperazine rings is 1. The van der Waals surface area contributed by atoms with Crippen LogP contribution in [0.1, 0.15) is 12.7 Å². The van der Waals surface area contributed by atoms with Crippen molar-refractivity contribution in [1.29, 1.82) is 0 Å². The summed E-state index contributed by atoms with van der Waals surface area (Å²) in [6.07, 6.45) is 1.46. The highest BCUT2D eigenvalue weighted by Crippen LogP contribution is 2.18. The Hall–Kier alpha value is -1.41. The highest BCUT2D eigenvalue weighted by molar-refractivity contribution is 7.89. The normalized spacial score (nSPS) is 21.9. The zero-order valence-electron chi connectivity index (χ0n) is 10.5. The minimum absolute atomic E-state index is 0.0101. The van der Waals surface area contributed by atoms with Crippen LogP contribution in [0.5, 0.6) is 0 Å². The lowest BCUT2D eigenvalue weighted by atomic mass is 10.2. The maximum Gasteiger partial charge on any atom is 0.262 e. The molecule has 1 aliphatic heterocycles. The molecule has 2 heterocycles. The fourth-order valence-electron chi connectivity index (χ4n) is 1.86. The number of carbonyl (C=O) groups is 1. The lowest BCUT2D eigenvalue weighted by Gasteiger charge is -2.30. The Morgan fingerprint density at radius 2 is 2.17 bits per heavy atom. The van der Waals surface area contributed by atoms with Crippen LogP contribution in [-0.4, -0.2) is 47.3 Å². The molecule has 0 aromatic carbocycles. The summed E-state index contributed by atoms with van der Waals surface area (Å²) >= 11 is 0. The lowest BCUT2D eigenvalue weighted by Crippen LogP contribution is -2.55. The topological polar surface area (TPSA) is 84.3 Å². The zero-order valence-corrected chi connectivity index (χ0v) is 11.4. The van der Waals surface area contributed by atoms with E-state index in [1.165, 1.54) is 10.5 Å². The molecule has 100 valence electrons. The number of aromatic nitrogens is 2. The predicted molar refractivity (Wildman–Crippen MR) is 64.3 cm³/mol. The van der Waals surface area contributed by atoms with E-state index in [2.05, 4.69) is 10.3 Å². The molecule has 1 aromatic rings. The summed E-state index contributed by atoms with van der Waals surface area (Å²) in [5.74, 6) is 0.333. The third-order valence-corrected chi connectivity index (χ3v) is 4.94. The third-order valence-electron chi connectivity index (χ3n) is 3.10. The number of aryl methyl sites for hydroxylation is 2. The molecule has 0 aliphatic carbocycles. The van der Waals surface area contributed by atoms with E-state index in [0.717, 1.165) is 0 Å². The van der Waals surface area contributed by atoms with Crippen LogP contribution in [0.25, 0.3) is 0 Å². The SMILES string of the molecule is Cc1nc(S(=O)(=O)N2CCNC(=O)C2C)cn1C. The van der Waals surface area contributed by atoms with E-state index >= 15 is 0 Å². The number of amides is 1. The second-order valence-corrected chi connectivity index (χ2v) is 6.16. The number of nitrogens with zero attached hydrogens (tertiary/aromatic N) is 3. The van der Waals surface area contributed by atoms with E-state index in [0.29, 0.717) is 12.4 Å². The molecule has 1 saturated heterocycles. The van der Waals surface area contributed by atoms with Crippen molar-refractivity contribution >= 4 is 15.9 Å². The lowest BCUT2D eigenvalue weighted by molar-refractivity contribution is -0.126. The van der Waals surface area contributed by atoms with Crippen LogP contribution < -0.4 is 5.32 Å². The van der Waals surface area contributed by atoms with E-state index in [1.54, 1.807) is 25.5 Å². The summed E-state index contributed by atoms with van der Waals surface area (Å²) in [7, 11) is -1.98. The Labute approximate surface area is 106 Å². The first kappa shape index (κ1) is 13.0. The molecule has 1 fully saturated rings. The van der Waals surface area contributed by atoms with Crippen LogP contribution in [0.2, 0.25) is 0 Å². The molecule has 18 heavy (non-hydrogen) atoms. The van der Waals surface area contributed by atoms with Crippen molar-refractivity contribution in [3.63, 3.8) is 0 Å². The van der Waals surface area contributed by atoms with Crippen LogP contribution in [0, 0.1) is 6.92 Å². The van der Waals surface area contributed by atoms with Gasteiger partial charge in [0.1, 0.15) is 11.9 Å². The van der Waals surface area contributed by atoms with Gasteiger partial charge in [0.2, 0.25) is 5.91 Å². The van der Waals surface area contributed by atoms with E-state index in [1.807, 2.05) is 0 Å². The summed E-state index contributed by atoms with van der Waals surface area (Å²) in [5, 5.41) is 2.62. The number of hydrogen-bond acceptors (Lipinski definition) is 4. The standard InChI is InChI=1S/C10H16N4O3S/c1-7-10(15)11-4-5-14(7)18(16,17)9-6-13(3)8(2)12-9/h6-7H,4-5H2,1-3H3,(H,11,15). The zero-order chi connectivity index (χ0) is 13.5. The molecule has 1 amide bonds. The minimum atomic E-state index is -3.71. The summed E-state index contributed by atoms with van der Waals surface area (Å²) in [6, 6.07) is -0.703. The van der Waals surface area contributed by atoms with Crippen molar-refractivity contribution < 1.29 is 13.2 Å². The molecule has 0 saturated carbocycles. The van der Waals surface area contributed by atoms with Crippen LogP contribution >= 0.6 is 0 Å². The van der Waals surface area contributed by atoms with Gasteiger partial charge in [0.15, 0.2) is 5.03 Å². The highest BCUT2D eigenvalue weighted by atomic mass is 32.2. The predicted octanol–water partition coefficient (Wildman–Crippen LogP) is -0.762. The quantitative estimate of drug-likeness (QED) is 0.767. The Morgan fingerprint density at radius 3 is 2.72 bits per heavy atom. The van der Waals surface area contributed by atoms with Crippen LogP contribution in [0.15, 0.2) is 11.2 Å². The number of rotatable bonds is 2. The van der Waals surface area contributed by atoms with E-state index < -0.39 is 16.1 Å². The van der Waals surface area contributed by atoms with Crippen LogP contribution in [-0.2, 0) is 21.9 Å². The van der Waals surface area contributed by atoms with Crippen molar-refractivity contribution in [3.05, 3.63) is 12.0 Å². The number of carbonyl (C=O) groups excluding carboxylic acids is 1. The molecule has 2 rings (SSSR count). The molecule has 1 unspecified atom stereocenters. The van der Waals surface area contributed by atoms with Crippen molar-refractivity contribution in [3.8, 4) is 0 Å². The molecular weight excluding hydrogens is 256 g/mol. The maximum absolute atomic E-state index is 12.4. The highest BCUT2D eigenvalue weighted by Gasteiger charge is 2.36. The van der Waals surface area contributed by atoms with Gasteiger partial charge in [-0.3, -0.25) is 4.79 Å². The number of nitrogens with one attached hydrogen (secondary N) is 1. The van der Waals surface area contributed by atoms with Crippen molar-refractivity contribution in [1.82, 2.24) is 19.2 Å². The van der Waals surface area contributed by atoms with Crippen LogP contribution in [0.4, 0.5) is 0 Å². The Bertz CT molecular complexity index is 558. The maximum atomic E-state index is 12.4. The summed E-state index contributed by atoms with van der Waals surface area (Å²) < 4.78 is 27.6.